The Hall–Kier alpha value is -3.56. The average molecular weight is 387 g/mol. The predicted molar refractivity (Wildman–Crippen MR) is 94.4 cm³/mol. The fourth-order valence-corrected chi connectivity index (χ4v) is 2.98. The molecule has 1 amide bonds. The number of ether oxygens (including phenoxy) is 2. The molecule has 0 radical (unpaired) electrons. The molecule has 4 rings (SSSR count). The number of carbonyl (C=O) groups excluding carboxylic acids is 1. The summed E-state index contributed by atoms with van der Waals surface area (Å²) in [6.07, 6.45) is 3.19. The summed E-state index contributed by atoms with van der Waals surface area (Å²) in [5.41, 5.74) is 1.98. The number of aryl methyl sites for hydroxylation is 1. The quantitative estimate of drug-likeness (QED) is 0.669. The minimum absolute atomic E-state index is 0.0540. The van der Waals surface area contributed by atoms with Gasteiger partial charge in [0, 0.05) is 31.1 Å². The number of pyridine rings is 2. The Morgan fingerprint density at radius 1 is 1.25 bits per heavy atom. The van der Waals surface area contributed by atoms with Gasteiger partial charge in [-0.05, 0) is 18.2 Å². The average Bonchev–Trinajstić information content (AvgIpc) is 3.24. The van der Waals surface area contributed by atoms with E-state index in [0.717, 1.165) is 0 Å². The van der Waals surface area contributed by atoms with E-state index in [0.29, 0.717) is 28.3 Å². The summed E-state index contributed by atoms with van der Waals surface area (Å²) in [6.45, 7) is -2.74. The van der Waals surface area contributed by atoms with Gasteiger partial charge in [-0.2, -0.15) is 13.9 Å². The molecule has 8 nitrogen and oxygen atoms in total. The number of aromatic nitrogens is 4. The highest BCUT2D eigenvalue weighted by atomic mass is 19.3. The Morgan fingerprint density at radius 3 is 2.75 bits per heavy atom. The number of rotatable bonds is 5. The van der Waals surface area contributed by atoms with Crippen LogP contribution < -0.4 is 14.4 Å². The van der Waals surface area contributed by atoms with Gasteiger partial charge in [0.1, 0.15) is 0 Å². The maximum absolute atomic E-state index is 12.6. The van der Waals surface area contributed by atoms with E-state index >= 15 is 0 Å². The first-order chi connectivity index (χ1) is 13.5. The summed E-state index contributed by atoms with van der Waals surface area (Å²) in [6, 6.07) is 6.40. The van der Waals surface area contributed by atoms with E-state index in [4.69, 9.17) is 4.74 Å². The van der Waals surface area contributed by atoms with Crippen LogP contribution in [-0.4, -0.2) is 39.4 Å². The number of carbonyl (C=O) groups is 1. The molecule has 1 aliphatic heterocycles. The fourth-order valence-electron chi connectivity index (χ4n) is 2.98. The molecule has 0 aliphatic carbocycles. The molecule has 10 heteroatoms. The van der Waals surface area contributed by atoms with E-state index in [1.807, 2.05) is 0 Å². The molecule has 4 heterocycles. The van der Waals surface area contributed by atoms with Gasteiger partial charge in [0.25, 0.3) is 11.8 Å². The van der Waals surface area contributed by atoms with E-state index in [9.17, 15) is 13.6 Å². The summed E-state index contributed by atoms with van der Waals surface area (Å²) >= 11 is 0. The second-order valence-corrected chi connectivity index (χ2v) is 6.04. The van der Waals surface area contributed by atoms with Gasteiger partial charge in [-0.1, -0.05) is 0 Å². The number of anilines is 1. The summed E-state index contributed by atoms with van der Waals surface area (Å²) < 4.78 is 36.3. The van der Waals surface area contributed by atoms with Crippen LogP contribution in [0.25, 0.3) is 11.3 Å². The number of halogens is 2. The first kappa shape index (κ1) is 17.8. The maximum Gasteiger partial charge on any atom is 0.387 e. The summed E-state index contributed by atoms with van der Waals surface area (Å²) in [5.74, 6) is 0.0957. The van der Waals surface area contributed by atoms with Crippen molar-refractivity contribution >= 4 is 11.7 Å². The van der Waals surface area contributed by atoms with Gasteiger partial charge in [0.2, 0.25) is 0 Å². The van der Waals surface area contributed by atoms with E-state index in [1.165, 1.54) is 24.3 Å². The second-order valence-electron chi connectivity index (χ2n) is 6.04. The number of hydrogen-bond acceptors (Lipinski definition) is 6. The number of alkyl halides is 2. The Labute approximate surface area is 158 Å². The lowest BCUT2D eigenvalue weighted by Crippen LogP contribution is -2.23. The maximum atomic E-state index is 12.6. The van der Waals surface area contributed by atoms with Crippen molar-refractivity contribution in [2.75, 3.05) is 12.0 Å². The lowest BCUT2D eigenvalue weighted by molar-refractivity contribution is -0.0515. The van der Waals surface area contributed by atoms with Crippen LogP contribution in [0.1, 0.15) is 16.1 Å². The third kappa shape index (κ3) is 3.13. The first-order valence-electron chi connectivity index (χ1n) is 8.27. The second kappa shape index (κ2) is 6.87. The molecule has 0 bridgehead atoms. The molecule has 3 aromatic heterocycles. The molecule has 0 saturated carbocycles. The molecule has 0 saturated heterocycles. The van der Waals surface area contributed by atoms with Gasteiger partial charge in [-0.25, -0.2) is 4.98 Å². The molecule has 1 aliphatic rings. The number of amides is 1. The molecule has 0 N–H and O–H groups in total. The number of methoxy groups -OCH3 is 1. The first-order valence-corrected chi connectivity index (χ1v) is 8.27. The van der Waals surface area contributed by atoms with Crippen molar-refractivity contribution in [1.29, 1.82) is 0 Å². The molecular weight excluding hydrogens is 372 g/mol. The van der Waals surface area contributed by atoms with E-state index in [1.54, 1.807) is 36.1 Å². The van der Waals surface area contributed by atoms with Crippen LogP contribution in [0.5, 0.6) is 11.6 Å². The largest absolute Gasteiger partial charge is 0.478 e. The van der Waals surface area contributed by atoms with Crippen LogP contribution in [0.2, 0.25) is 0 Å². The van der Waals surface area contributed by atoms with Gasteiger partial charge in [-0.15, -0.1) is 0 Å². The fraction of sp³-hybridized carbons (Fsp3) is 0.222. The molecule has 28 heavy (non-hydrogen) atoms. The van der Waals surface area contributed by atoms with Gasteiger partial charge in [0.15, 0.2) is 11.6 Å². The van der Waals surface area contributed by atoms with Crippen LogP contribution in [0.4, 0.5) is 14.6 Å². The van der Waals surface area contributed by atoms with Crippen molar-refractivity contribution in [2.45, 2.75) is 13.2 Å². The number of hydrogen-bond donors (Lipinski definition) is 0. The van der Waals surface area contributed by atoms with E-state index in [2.05, 4.69) is 19.8 Å². The molecule has 0 spiro atoms. The smallest absolute Gasteiger partial charge is 0.387 e. The molecule has 144 valence electrons. The summed E-state index contributed by atoms with van der Waals surface area (Å²) in [7, 11) is 3.08. The Kier molecular flexibility index (Phi) is 4.38. The Morgan fingerprint density at radius 2 is 2.07 bits per heavy atom. The van der Waals surface area contributed by atoms with E-state index in [-0.39, 0.29) is 24.1 Å². The van der Waals surface area contributed by atoms with E-state index < -0.39 is 6.61 Å². The SMILES string of the molecule is COc1ncc(-c2ccc3c(n2)CN(c2ccn(C)n2)C3=O)cc1OC(F)F. The minimum Gasteiger partial charge on any atom is -0.478 e. The van der Waals surface area contributed by atoms with Gasteiger partial charge in [-0.3, -0.25) is 19.4 Å². The zero-order valence-electron chi connectivity index (χ0n) is 15.0. The topological polar surface area (TPSA) is 82.4 Å². The summed E-state index contributed by atoms with van der Waals surface area (Å²) in [5, 5.41) is 4.25. The lowest BCUT2D eigenvalue weighted by Gasteiger charge is -2.11. The lowest BCUT2D eigenvalue weighted by atomic mass is 10.1. The van der Waals surface area contributed by atoms with Crippen molar-refractivity contribution in [1.82, 2.24) is 19.7 Å². The van der Waals surface area contributed by atoms with Crippen LogP contribution in [0, 0.1) is 0 Å². The van der Waals surface area contributed by atoms with Gasteiger partial charge in [0.05, 0.1) is 30.6 Å². The Bertz CT molecular complexity index is 1050. The van der Waals surface area contributed by atoms with Crippen LogP contribution in [0.15, 0.2) is 36.7 Å². The zero-order valence-corrected chi connectivity index (χ0v) is 15.0. The van der Waals surface area contributed by atoms with Crippen LogP contribution >= 0.6 is 0 Å². The standard InChI is InChI=1S/C18H15F2N5O3/c1-24-6-5-15(23-24)25-9-13-11(17(25)26)3-4-12(22-13)10-7-14(28-18(19)20)16(27-2)21-8-10/h3-8,18H,9H2,1-2H3. The van der Waals surface area contributed by atoms with Crippen molar-refractivity contribution in [3.63, 3.8) is 0 Å². The monoisotopic (exact) mass is 387 g/mol. The molecular formula is C18H15F2N5O3. The van der Waals surface area contributed by atoms with Crippen molar-refractivity contribution in [2.24, 2.45) is 7.05 Å². The van der Waals surface area contributed by atoms with Crippen molar-refractivity contribution < 1.29 is 23.0 Å². The van der Waals surface area contributed by atoms with Crippen molar-refractivity contribution in [3.05, 3.63) is 47.9 Å². The molecule has 0 atom stereocenters. The molecule has 3 aromatic rings. The van der Waals surface area contributed by atoms with Gasteiger partial charge < -0.3 is 9.47 Å². The van der Waals surface area contributed by atoms with Crippen molar-refractivity contribution in [3.8, 4) is 22.9 Å². The highest BCUT2D eigenvalue weighted by Gasteiger charge is 2.31. The minimum atomic E-state index is -3.01. The number of nitrogens with zero attached hydrogens (tertiary/aromatic N) is 5. The summed E-state index contributed by atoms with van der Waals surface area (Å²) in [4.78, 5) is 22.6. The highest BCUT2D eigenvalue weighted by Crippen LogP contribution is 2.32. The van der Waals surface area contributed by atoms with Gasteiger partial charge >= 0.3 is 6.61 Å². The highest BCUT2D eigenvalue weighted by molar-refractivity contribution is 6.09. The molecule has 0 aromatic carbocycles. The number of fused-ring (bicyclic) bond motifs is 1. The molecule has 0 fully saturated rings. The van der Waals surface area contributed by atoms with Crippen LogP contribution in [0.3, 0.4) is 0 Å². The molecule has 0 unspecified atom stereocenters. The zero-order chi connectivity index (χ0) is 19.8. The Balaban J connectivity index is 1.67. The predicted octanol–water partition coefficient (Wildman–Crippen LogP) is 2.65. The van der Waals surface area contributed by atoms with Crippen LogP contribution in [-0.2, 0) is 13.6 Å². The normalized spacial score (nSPS) is 13.2. The third-order valence-electron chi connectivity index (χ3n) is 4.26. The third-order valence-corrected chi connectivity index (χ3v) is 4.26.